The van der Waals surface area contributed by atoms with Gasteiger partial charge in [0.05, 0.1) is 5.56 Å². The molecule has 110 valence electrons. The Morgan fingerprint density at radius 3 is 3.00 bits per heavy atom. The number of hydrogen-bond donors (Lipinski definition) is 1. The molecule has 5 heteroatoms. The first-order valence-corrected chi connectivity index (χ1v) is 7.31. The monoisotopic (exact) mass is 296 g/mol. The zero-order valence-electron chi connectivity index (χ0n) is 12.0. The second kappa shape index (κ2) is 7.07. The Hall–Kier alpha value is -1.10. The molecule has 1 aromatic rings. The van der Waals surface area contributed by atoms with Crippen LogP contribution >= 0.6 is 11.6 Å². The van der Waals surface area contributed by atoms with Crippen LogP contribution in [0.1, 0.15) is 29.6 Å². The van der Waals surface area contributed by atoms with Crippen LogP contribution in [0, 0.1) is 0 Å². The number of Topliss-reactive ketones (excluding diaryl/α,β-unsaturated/α-hetero) is 1. The van der Waals surface area contributed by atoms with E-state index in [9.17, 15) is 4.79 Å². The fourth-order valence-corrected chi connectivity index (χ4v) is 2.41. The molecule has 1 N–H and O–H groups in total. The number of halogens is 1. The third-order valence-electron chi connectivity index (χ3n) is 3.30. The largest absolute Gasteiger partial charge is 0.475 e. The van der Waals surface area contributed by atoms with Gasteiger partial charge in [0, 0.05) is 17.9 Å². The Morgan fingerprint density at radius 1 is 1.45 bits per heavy atom. The van der Waals surface area contributed by atoms with Gasteiger partial charge >= 0.3 is 0 Å². The molecule has 0 saturated carbocycles. The van der Waals surface area contributed by atoms with E-state index in [2.05, 4.69) is 24.3 Å². The maximum atomic E-state index is 12.0. The minimum atomic E-state index is -0.108. The van der Waals surface area contributed by atoms with Crippen LogP contribution < -0.4 is 10.1 Å². The lowest BCUT2D eigenvalue weighted by atomic mass is 10.1. The number of fused-ring (bicyclic) bond motifs is 1. The lowest BCUT2D eigenvalue weighted by Crippen LogP contribution is -2.35. The minimum Gasteiger partial charge on any atom is -0.475 e. The first-order chi connectivity index (χ1) is 9.56. The standard InChI is InChI=1S/C15H21ClN2O2/c1-18(2)9-3-8-17-15-7-5-13(19)12-10-11(16)4-6-14(12)20-15/h4,6,10,15,17H,3,5,7-9H2,1-2H3. The summed E-state index contributed by atoms with van der Waals surface area (Å²) in [5, 5.41) is 3.93. The number of nitrogens with zero attached hydrogens (tertiary/aromatic N) is 1. The molecule has 0 aromatic heterocycles. The first kappa shape index (κ1) is 15.3. The van der Waals surface area contributed by atoms with Crippen molar-refractivity contribution in [1.82, 2.24) is 10.2 Å². The summed E-state index contributed by atoms with van der Waals surface area (Å²) in [4.78, 5) is 14.2. The van der Waals surface area contributed by atoms with Crippen molar-refractivity contribution in [3.63, 3.8) is 0 Å². The number of ketones is 1. The summed E-state index contributed by atoms with van der Waals surface area (Å²) in [7, 11) is 4.11. The summed E-state index contributed by atoms with van der Waals surface area (Å²) in [5.41, 5.74) is 0.593. The summed E-state index contributed by atoms with van der Waals surface area (Å²) >= 11 is 5.94. The molecule has 1 aromatic carbocycles. The molecule has 1 heterocycles. The number of nitrogens with one attached hydrogen (secondary N) is 1. The number of benzene rings is 1. The van der Waals surface area contributed by atoms with Gasteiger partial charge in [-0.2, -0.15) is 0 Å². The van der Waals surface area contributed by atoms with Crippen LogP contribution in [0.5, 0.6) is 5.75 Å². The van der Waals surface area contributed by atoms with Crippen molar-refractivity contribution >= 4 is 17.4 Å². The Labute approximate surface area is 125 Å². The molecule has 2 rings (SSSR count). The molecular formula is C15H21ClN2O2. The highest BCUT2D eigenvalue weighted by Gasteiger charge is 2.22. The zero-order valence-corrected chi connectivity index (χ0v) is 12.7. The molecule has 4 nitrogen and oxygen atoms in total. The van der Waals surface area contributed by atoms with Gasteiger partial charge < -0.3 is 9.64 Å². The molecule has 0 fully saturated rings. The normalized spacial score (nSPS) is 18.6. The van der Waals surface area contributed by atoms with Crippen LogP contribution in [0.2, 0.25) is 5.02 Å². The van der Waals surface area contributed by atoms with E-state index >= 15 is 0 Å². The third-order valence-corrected chi connectivity index (χ3v) is 3.53. The first-order valence-electron chi connectivity index (χ1n) is 6.94. The molecule has 1 unspecified atom stereocenters. The summed E-state index contributed by atoms with van der Waals surface area (Å²) < 4.78 is 5.89. The van der Waals surface area contributed by atoms with E-state index < -0.39 is 0 Å². The number of rotatable bonds is 5. The van der Waals surface area contributed by atoms with Gasteiger partial charge in [0.1, 0.15) is 5.75 Å². The quantitative estimate of drug-likeness (QED) is 0.848. The maximum Gasteiger partial charge on any atom is 0.166 e. The molecule has 0 bridgehead atoms. The average Bonchev–Trinajstić information content (AvgIpc) is 2.55. The SMILES string of the molecule is CN(C)CCCNC1CCC(=O)c2cc(Cl)ccc2O1. The predicted octanol–water partition coefficient (Wildman–Crippen LogP) is 2.56. The Kier molecular flexibility index (Phi) is 5.40. The topological polar surface area (TPSA) is 41.6 Å². The Bertz CT molecular complexity index is 477. The molecule has 20 heavy (non-hydrogen) atoms. The summed E-state index contributed by atoms with van der Waals surface area (Å²) in [6, 6.07) is 5.21. The fraction of sp³-hybridized carbons (Fsp3) is 0.533. The Balaban J connectivity index is 1.95. The molecule has 1 aliphatic rings. The van der Waals surface area contributed by atoms with Crippen molar-refractivity contribution in [3.8, 4) is 5.75 Å². The molecule has 0 amide bonds. The van der Waals surface area contributed by atoms with Crippen molar-refractivity contribution < 1.29 is 9.53 Å². The van der Waals surface area contributed by atoms with Crippen LogP contribution in [0.3, 0.4) is 0 Å². The smallest absolute Gasteiger partial charge is 0.166 e. The van der Waals surface area contributed by atoms with Crippen molar-refractivity contribution in [2.24, 2.45) is 0 Å². The van der Waals surface area contributed by atoms with Gasteiger partial charge in [0.2, 0.25) is 0 Å². The second-order valence-electron chi connectivity index (χ2n) is 5.32. The minimum absolute atomic E-state index is 0.0973. The van der Waals surface area contributed by atoms with Crippen LogP contribution in [-0.4, -0.2) is 44.1 Å². The van der Waals surface area contributed by atoms with Gasteiger partial charge in [-0.25, -0.2) is 0 Å². The van der Waals surface area contributed by atoms with Gasteiger partial charge in [0.15, 0.2) is 12.0 Å². The Morgan fingerprint density at radius 2 is 2.25 bits per heavy atom. The van der Waals surface area contributed by atoms with Gasteiger partial charge in [0.25, 0.3) is 0 Å². The van der Waals surface area contributed by atoms with E-state index in [1.54, 1.807) is 18.2 Å². The highest BCUT2D eigenvalue weighted by molar-refractivity contribution is 6.31. The van der Waals surface area contributed by atoms with Crippen molar-refractivity contribution in [2.45, 2.75) is 25.5 Å². The summed E-state index contributed by atoms with van der Waals surface area (Å²) in [6.07, 6.45) is 2.11. The fourth-order valence-electron chi connectivity index (χ4n) is 2.23. The maximum absolute atomic E-state index is 12.0. The second-order valence-corrected chi connectivity index (χ2v) is 5.76. The van der Waals surface area contributed by atoms with E-state index in [1.807, 2.05) is 0 Å². The van der Waals surface area contributed by atoms with E-state index in [0.29, 0.717) is 29.2 Å². The zero-order chi connectivity index (χ0) is 14.5. The van der Waals surface area contributed by atoms with Crippen LogP contribution in [0.25, 0.3) is 0 Å². The van der Waals surface area contributed by atoms with Crippen LogP contribution in [-0.2, 0) is 0 Å². The number of carbonyl (C=O) groups excluding carboxylic acids is 1. The lowest BCUT2D eigenvalue weighted by Gasteiger charge is -2.19. The molecule has 1 aliphatic heterocycles. The molecular weight excluding hydrogens is 276 g/mol. The molecule has 0 aliphatic carbocycles. The molecule has 0 saturated heterocycles. The predicted molar refractivity (Wildman–Crippen MR) is 80.6 cm³/mol. The lowest BCUT2D eigenvalue weighted by molar-refractivity contribution is 0.0971. The van der Waals surface area contributed by atoms with Gasteiger partial charge in [-0.05, 0) is 51.8 Å². The number of ether oxygens (including phenoxy) is 1. The van der Waals surface area contributed by atoms with E-state index in [4.69, 9.17) is 16.3 Å². The van der Waals surface area contributed by atoms with Crippen molar-refractivity contribution in [1.29, 1.82) is 0 Å². The number of carbonyl (C=O) groups is 1. The highest BCUT2D eigenvalue weighted by Crippen LogP contribution is 2.28. The summed E-state index contributed by atoms with van der Waals surface area (Å²) in [5.74, 6) is 0.724. The molecule has 1 atom stereocenters. The van der Waals surface area contributed by atoms with E-state index in [0.717, 1.165) is 19.5 Å². The van der Waals surface area contributed by atoms with Gasteiger partial charge in [-0.3, -0.25) is 10.1 Å². The van der Waals surface area contributed by atoms with Gasteiger partial charge in [-0.1, -0.05) is 11.6 Å². The van der Waals surface area contributed by atoms with E-state index in [-0.39, 0.29) is 12.0 Å². The van der Waals surface area contributed by atoms with Crippen LogP contribution in [0.4, 0.5) is 0 Å². The van der Waals surface area contributed by atoms with Crippen molar-refractivity contribution in [2.75, 3.05) is 27.2 Å². The summed E-state index contributed by atoms with van der Waals surface area (Å²) in [6.45, 7) is 1.91. The molecule has 0 spiro atoms. The third kappa shape index (κ3) is 4.20. The molecule has 0 radical (unpaired) electrons. The van der Waals surface area contributed by atoms with Crippen LogP contribution in [0.15, 0.2) is 18.2 Å². The van der Waals surface area contributed by atoms with Gasteiger partial charge in [-0.15, -0.1) is 0 Å². The number of hydrogen-bond acceptors (Lipinski definition) is 4. The highest BCUT2D eigenvalue weighted by atomic mass is 35.5. The average molecular weight is 297 g/mol. The van der Waals surface area contributed by atoms with Crippen molar-refractivity contribution in [3.05, 3.63) is 28.8 Å². The van der Waals surface area contributed by atoms with E-state index in [1.165, 1.54) is 0 Å².